The Morgan fingerprint density at radius 2 is 1.71 bits per heavy atom. The molecule has 0 amide bonds. The Morgan fingerprint density at radius 1 is 0.958 bits per heavy atom. The highest BCUT2D eigenvalue weighted by atomic mass is 79.9. The van der Waals surface area contributed by atoms with Crippen LogP contribution in [0.1, 0.15) is 30.5 Å². The molecule has 0 radical (unpaired) electrons. The molecule has 0 spiro atoms. The summed E-state index contributed by atoms with van der Waals surface area (Å²) in [5.41, 5.74) is 4.54. The quantitative estimate of drug-likeness (QED) is 0.532. The molecule has 0 N–H and O–H groups in total. The Labute approximate surface area is 152 Å². The molecule has 0 unspecified atom stereocenters. The fourth-order valence-electron chi connectivity index (χ4n) is 3.78. The molecule has 0 bridgehead atoms. The molecule has 1 nitrogen and oxygen atoms in total. The number of hydrogen-bond donors (Lipinski definition) is 0. The van der Waals surface area contributed by atoms with Crippen LogP contribution in [-0.2, 0) is 19.5 Å². The van der Waals surface area contributed by atoms with E-state index in [4.69, 9.17) is 0 Å². The summed E-state index contributed by atoms with van der Waals surface area (Å²) in [5.74, 6) is 0. The molecular weight excluding hydrogens is 358 g/mol. The van der Waals surface area contributed by atoms with E-state index in [1.54, 1.807) is 0 Å². The lowest BCUT2D eigenvalue weighted by atomic mass is 9.82. The Balaban J connectivity index is 1.70. The third-order valence-corrected chi connectivity index (χ3v) is 5.78. The van der Waals surface area contributed by atoms with Crippen LogP contribution >= 0.6 is 15.9 Å². The van der Waals surface area contributed by atoms with Crippen molar-refractivity contribution in [2.45, 2.75) is 38.9 Å². The molecule has 0 fully saturated rings. The zero-order valence-corrected chi connectivity index (χ0v) is 15.8. The van der Waals surface area contributed by atoms with E-state index >= 15 is 0 Å². The van der Waals surface area contributed by atoms with Crippen molar-refractivity contribution in [3.8, 4) is 0 Å². The summed E-state index contributed by atoms with van der Waals surface area (Å²) in [5, 5.41) is 2.78. The summed E-state index contributed by atoms with van der Waals surface area (Å²) in [7, 11) is 0. The normalized spacial score (nSPS) is 17.0. The summed E-state index contributed by atoms with van der Waals surface area (Å²) in [6.07, 6.45) is 1.10. The predicted molar refractivity (Wildman–Crippen MR) is 105 cm³/mol. The lowest BCUT2D eigenvalue weighted by molar-refractivity contribution is 0.0896. The second-order valence-corrected chi connectivity index (χ2v) is 8.31. The van der Waals surface area contributed by atoms with Crippen molar-refractivity contribution < 1.29 is 0 Å². The van der Waals surface area contributed by atoms with E-state index in [1.165, 1.54) is 27.5 Å². The van der Waals surface area contributed by atoms with Crippen molar-refractivity contribution >= 4 is 26.7 Å². The average Bonchev–Trinajstić information content (AvgIpc) is 2.57. The van der Waals surface area contributed by atoms with E-state index in [0.717, 1.165) is 24.0 Å². The molecule has 0 aliphatic carbocycles. The maximum Gasteiger partial charge on any atom is 0.0245 e. The monoisotopic (exact) mass is 379 g/mol. The first-order valence-corrected chi connectivity index (χ1v) is 9.31. The summed E-state index contributed by atoms with van der Waals surface area (Å²) in [6, 6.07) is 22.1. The molecule has 1 aliphatic rings. The van der Waals surface area contributed by atoms with Gasteiger partial charge in [-0.3, -0.25) is 4.90 Å². The molecule has 1 aliphatic heterocycles. The number of nitrogens with zero attached hydrogens (tertiary/aromatic N) is 1. The van der Waals surface area contributed by atoms with Gasteiger partial charge in [0.05, 0.1) is 0 Å². The Kier molecular flexibility index (Phi) is 3.98. The van der Waals surface area contributed by atoms with Crippen molar-refractivity contribution in [3.63, 3.8) is 0 Å². The third-order valence-electron chi connectivity index (χ3n) is 5.25. The lowest BCUT2D eigenvalue weighted by Crippen LogP contribution is -2.47. The zero-order chi connectivity index (χ0) is 16.7. The van der Waals surface area contributed by atoms with E-state index in [0.29, 0.717) is 0 Å². The van der Waals surface area contributed by atoms with Crippen LogP contribution in [0.25, 0.3) is 10.8 Å². The summed E-state index contributed by atoms with van der Waals surface area (Å²) in [4.78, 5) is 2.60. The number of hydrogen-bond acceptors (Lipinski definition) is 1. The van der Waals surface area contributed by atoms with Crippen molar-refractivity contribution in [2.24, 2.45) is 0 Å². The van der Waals surface area contributed by atoms with Crippen LogP contribution in [-0.4, -0.2) is 10.4 Å². The zero-order valence-electron chi connectivity index (χ0n) is 14.2. The highest BCUT2D eigenvalue weighted by molar-refractivity contribution is 9.10. The molecule has 4 rings (SSSR count). The fourth-order valence-corrected chi connectivity index (χ4v) is 4.05. The van der Waals surface area contributed by atoms with Crippen LogP contribution in [0.5, 0.6) is 0 Å². The van der Waals surface area contributed by atoms with Gasteiger partial charge in [0, 0.05) is 23.1 Å². The molecule has 3 aromatic carbocycles. The van der Waals surface area contributed by atoms with E-state index < -0.39 is 0 Å². The SMILES string of the molecule is CC1(C)Cc2c(ccc3ccccc23)CN1Cc1ccc(Br)cc1. The average molecular weight is 380 g/mol. The number of fused-ring (bicyclic) bond motifs is 3. The number of rotatable bonds is 2. The predicted octanol–water partition coefficient (Wildman–Crippen LogP) is 5.94. The molecule has 24 heavy (non-hydrogen) atoms. The van der Waals surface area contributed by atoms with E-state index in [9.17, 15) is 0 Å². The van der Waals surface area contributed by atoms with Crippen LogP contribution in [0.4, 0.5) is 0 Å². The molecule has 122 valence electrons. The van der Waals surface area contributed by atoms with Crippen LogP contribution in [0.2, 0.25) is 0 Å². The van der Waals surface area contributed by atoms with E-state index in [1.807, 2.05) is 0 Å². The summed E-state index contributed by atoms with van der Waals surface area (Å²) >= 11 is 3.52. The van der Waals surface area contributed by atoms with E-state index in [-0.39, 0.29) is 5.54 Å². The van der Waals surface area contributed by atoms with Crippen LogP contribution in [0.15, 0.2) is 65.1 Å². The van der Waals surface area contributed by atoms with Gasteiger partial charge in [0.25, 0.3) is 0 Å². The molecular formula is C22H22BrN. The minimum Gasteiger partial charge on any atom is -0.289 e. The largest absolute Gasteiger partial charge is 0.289 e. The van der Waals surface area contributed by atoms with Crippen molar-refractivity contribution in [3.05, 3.63) is 81.8 Å². The van der Waals surface area contributed by atoms with Gasteiger partial charge in [0.15, 0.2) is 0 Å². The lowest BCUT2D eigenvalue weighted by Gasteiger charge is -2.44. The first kappa shape index (κ1) is 15.9. The maximum atomic E-state index is 3.52. The van der Waals surface area contributed by atoms with Crippen LogP contribution in [0.3, 0.4) is 0 Å². The topological polar surface area (TPSA) is 3.24 Å². The van der Waals surface area contributed by atoms with Gasteiger partial charge in [-0.15, -0.1) is 0 Å². The van der Waals surface area contributed by atoms with Crippen LogP contribution in [0, 0.1) is 0 Å². The van der Waals surface area contributed by atoms with Gasteiger partial charge in [0.1, 0.15) is 0 Å². The minimum atomic E-state index is 0.157. The summed E-state index contributed by atoms with van der Waals surface area (Å²) in [6.45, 7) is 6.75. The molecule has 2 heteroatoms. The Hall–Kier alpha value is -1.64. The van der Waals surface area contributed by atoms with Crippen molar-refractivity contribution in [1.29, 1.82) is 0 Å². The van der Waals surface area contributed by atoms with Gasteiger partial charge in [-0.2, -0.15) is 0 Å². The van der Waals surface area contributed by atoms with Gasteiger partial charge < -0.3 is 0 Å². The highest BCUT2D eigenvalue weighted by Crippen LogP contribution is 2.36. The van der Waals surface area contributed by atoms with Gasteiger partial charge in [0.2, 0.25) is 0 Å². The molecule has 0 saturated carbocycles. The third kappa shape index (κ3) is 2.89. The van der Waals surface area contributed by atoms with Crippen molar-refractivity contribution in [1.82, 2.24) is 4.90 Å². The molecule has 0 saturated heterocycles. The smallest absolute Gasteiger partial charge is 0.0245 e. The first-order valence-electron chi connectivity index (χ1n) is 8.52. The van der Waals surface area contributed by atoms with Gasteiger partial charge in [-0.05, 0) is 59.9 Å². The fraction of sp³-hybridized carbons (Fsp3) is 0.273. The maximum absolute atomic E-state index is 3.52. The molecule has 0 aromatic heterocycles. The first-order chi connectivity index (χ1) is 11.5. The van der Waals surface area contributed by atoms with Gasteiger partial charge in [-0.1, -0.05) is 64.5 Å². The Bertz CT molecular complexity index is 880. The van der Waals surface area contributed by atoms with Gasteiger partial charge in [-0.25, -0.2) is 0 Å². The standard InChI is InChI=1S/C22H22BrN/c1-22(2)13-21-18(10-9-17-5-3-4-6-20(17)21)15-24(22)14-16-7-11-19(23)12-8-16/h3-12H,13-15H2,1-2H3. The highest BCUT2D eigenvalue weighted by Gasteiger charge is 2.33. The number of halogens is 1. The minimum absolute atomic E-state index is 0.157. The molecule has 3 aromatic rings. The Morgan fingerprint density at radius 3 is 2.50 bits per heavy atom. The van der Waals surface area contributed by atoms with Gasteiger partial charge >= 0.3 is 0 Å². The molecule has 1 heterocycles. The van der Waals surface area contributed by atoms with Crippen molar-refractivity contribution in [2.75, 3.05) is 0 Å². The number of benzene rings is 3. The van der Waals surface area contributed by atoms with E-state index in [2.05, 4.69) is 95.3 Å². The summed E-state index contributed by atoms with van der Waals surface area (Å²) < 4.78 is 1.14. The molecule has 0 atom stereocenters. The van der Waals surface area contributed by atoms with Crippen LogP contribution < -0.4 is 0 Å². The second kappa shape index (κ2) is 6.02. The second-order valence-electron chi connectivity index (χ2n) is 7.40.